The first-order valence-corrected chi connectivity index (χ1v) is 11.0. The van der Waals surface area contributed by atoms with Gasteiger partial charge in [0, 0.05) is 24.6 Å². The summed E-state index contributed by atoms with van der Waals surface area (Å²) >= 11 is 0. The zero-order valence-corrected chi connectivity index (χ0v) is 16.9. The van der Waals surface area contributed by atoms with Crippen molar-refractivity contribution in [3.63, 3.8) is 0 Å². The number of hydrogen-bond donors (Lipinski definition) is 2. The summed E-state index contributed by atoms with van der Waals surface area (Å²) in [6.07, 6.45) is 12.0. The van der Waals surface area contributed by atoms with Gasteiger partial charge in [0.25, 0.3) is 0 Å². The molecular formula is C23H25N5O2. The first-order chi connectivity index (χ1) is 14.6. The Kier molecular flexibility index (Phi) is 3.77. The average Bonchev–Trinajstić information content (AvgIpc) is 3.31. The third-order valence-corrected chi connectivity index (χ3v) is 7.99. The molecule has 0 aromatic carbocycles. The van der Waals surface area contributed by atoms with Gasteiger partial charge in [-0.3, -0.25) is 14.3 Å². The van der Waals surface area contributed by atoms with Crippen LogP contribution in [-0.4, -0.2) is 27.0 Å². The van der Waals surface area contributed by atoms with E-state index in [4.69, 9.17) is 5.26 Å². The Morgan fingerprint density at radius 3 is 2.90 bits per heavy atom. The lowest BCUT2D eigenvalue weighted by molar-refractivity contribution is -0.151. The molecule has 7 heteroatoms. The highest BCUT2D eigenvalue weighted by molar-refractivity contribution is 5.87. The summed E-state index contributed by atoms with van der Waals surface area (Å²) in [6, 6.07) is 2.24. The van der Waals surface area contributed by atoms with Crippen LogP contribution in [0.1, 0.15) is 55.8 Å². The second kappa shape index (κ2) is 6.31. The number of nitrogens with zero attached hydrogens (tertiary/aromatic N) is 3. The van der Waals surface area contributed by atoms with Crippen molar-refractivity contribution in [3.8, 4) is 6.07 Å². The van der Waals surface area contributed by atoms with Crippen molar-refractivity contribution >= 4 is 23.0 Å². The van der Waals surface area contributed by atoms with Gasteiger partial charge in [-0.15, -0.1) is 0 Å². The minimum atomic E-state index is -0.318. The maximum atomic E-state index is 13.1. The fourth-order valence-electron chi connectivity index (χ4n) is 7.21. The highest BCUT2D eigenvalue weighted by Gasteiger charge is 2.59. The second-order valence-electron chi connectivity index (χ2n) is 9.69. The van der Waals surface area contributed by atoms with Crippen molar-refractivity contribution in [2.45, 2.75) is 51.0 Å². The van der Waals surface area contributed by atoms with Crippen LogP contribution in [0.5, 0.6) is 0 Å². The SMILES string of the molecule is N#CCCNC(=O)C12CC3CC(C1)C(n1c(=O)[nH]c4cnc5c(c41)C=CC5)C(C3)C2. The predicted molar refractivity (Wildman–Crippen MR) is 111 cm³/mol. The van der Waals surface area contributed by atoms with E-state index in [9.17, 15) is 9.59 Å². The molecule has 4 fully saturated rings. The summed E-state index contributed by atoms with van der Waals surface area (Å²) in [5.74, 6) is 1.36. The third kappa shape index (κ3) is 2.39. The molecule has 5 aliphatic carbocycles. The van der Waals surface area contributed by atoms with E-state index in [0.717, 1.165) is 60.8 Å². The third-order valence-electron chi connectivity index (χ3n) is 7.99. The molecule has 2 atom stereocenters. The van der Waals surface area contributed by atoms with Crippen molar-refractivity contribution in [1.82, 2.24) is 19.9 Å². The van der Waals surface area contributed by atoms with E-state index in [2.05, 4.69) is 33.5 Å². The molecule has 2 unspecified atom stereocenters. The summed E-state index contributed by atoms with van der Waals surface area (Å²) in [5.41, 5.74) is 3.54. The van der Waals surface area contributed by atoms with Gasteiger partial charge < -0.3 is 10.3 Å². The molecule has 154 valence electrons. The van der Waals surface area contributed by atoms with Gasteiger partial charge >= 0.3 is 5.69 Å². The van der Waals surface area contributed by atoms with Gasteiger partial charge in [0.2, 0.25) is 5.91 Å². The van der Waals surface area contributed by atoms with Crippen LogP contribution < -0.4 is 11.0 Å². The van der Waals surface area contributed by atoms with Gasteiger partial charge in [-0.1, -0.05) is 12.2 Å². The summed E-state index contributed by atoms with van der Waals surface area (Å²) < 4.78 is 2.01. The molecule has 4 saturated carbocycles. The fourth-order valence-corrected chi connectivity index (χ4v) is 7.21. The van der Waals surface area contributed by atoms with Crippen molar-refractivity contribution in [3.05, 3.63) is 34.0 Å². The van der Waals surface area contributed by atoms with E-state index >= 15 is 0 Å². The Labute approximate surface area is 174 Å². The monoisotopic (exact) mass is 403 g/mol. The highest BCUT2D eigenvalue weighted by Crippen LogP contribution is 2.63. The molecule has 30 heavy (non-hydrogen) atoms. The second-order valence-corrected chi connectivity index (χ2v) is 9.69. The van der Waals surface area contributed by atoms with Crippen LogP contribution in [-0.2, 0) is 11.2 Å². The van der Waals surface area contributed by atoms with Gasteiger partial charge in [-0.25, -0.2) is 4.79 Å². The molecule has 5 aliphatic rings. The minimum Gasteiger partial charge on any atom is -0.355 e. The van der Waals surface area contributed by atoms with Crippen molar-refractivity contribution in [2.24, 2.45) is 23.2 Å². The van der Waals surface area contributed by atoms with Crippen molar-refractivity contribution in [2.75, 3.05) is 6.54 Å². The molecule has 7 rings (SSSR count). The molecule has 0 radical (unpaired) electrons. The number of allylic oxidation sites excluding steroid dienone is 1. The number of amides is 1. The number of H-pyrrole nitrogens is 1. The lowest BCUT2D eigenvalue weighted by atomic mass is 9.47. The number of imidazole rings is 1. The van der Waals surface area contributed by atoms with Crippen LogP contribution in [0, 0.1) is 34.5 Å². The van der Waals surface area contributed by atoms with Gasteiger partial charge in [0.1, 0.15) is 0 Å². The molecule has 4 bridgehead atoms. The molecule has 2 aromatic rings. The maximum absolute atomic E-state index is 13.1. The number of fused-ring (bicyclic) bond motifs is 3. The Morgan fingerprint density at radius 1 is 1.33 bits per heavy atom. The number of carbonyl (C=O) groups is 1. The molecule has 0 aliphatic heterocycles. The Hall–Kier alpha value is -2.88. The van der Waals surface area contributed by atoms with Crippen LogP contribution >= 0.6 is 0 Å². The first-order valence-electron chi connectivity index (χ1n) is 11.0. The van der Waals surface area contributed by atoms with Crippen LogP contribution in [0.4, 0.5) is 0 Å². The quantitative estimate of drug-likeness (QED) is 0.766. The lowest BCUT2D eigenvalue weighted by Crippen LogP contribution is -2.57. The van der Waals surface area contributed by atoms with Gasteiger partial charge in [0.15, 0.2) is 0 Å². The van der Waals surface area contributed by atoms with E-state index in [-0.39, 0.29) is 23.1 Å². The number of pyridine rings is 1. The van der Waals surface area contributed by atoms with E-state index in [1.165, 1.54) is 0 Å². The zero-order valence-electron chi connectivity index (χ0n) is 16.9. The molecule has 1 amide bonds. The topological polar surface area (TPSA) is 104 Å². The van der Waals surface area contributed by atoms with E-state index < -0.39 is 0 Å². The number of aromatic nitrogens is 3. The smallest absolute Gasteiger partial charge is 0.326 e. The summed E-state index contributed by atoms with van der Waals surface area (Å²) in [4.78, 5) is 33.7. The van der Waals surface area contributed by atoms with Crippen LogP contribution in [0.2, 0.25) is 0 Å². The fraction of sp³-hybridized carbons (Fsp3) is 0.565. The normalized spacial score (nSPS) is 33.0. The van der Waals surface area contributed by atoms with Crippen LogP contribution in [0.25, 0.3) is 17.1 Å². The minimum absolute atomic E-state index is 0.0505. The van der Waals surface area contributed by atoms with Crippen LogP contribution in [0.15, 0.2) is 17.1 Å². The molecule has 7 nitrogen and oxygen atoms in total. The summed E-state index contributed by atoms with van der Waals surface area (Å²) in [6.45, 7) is 0.424. The largest absolute Gasteiger partial charge is 0.355 e. The number of rotatable bonds is 4. The Balaban J connectivity index is 1.39. The summed E-state index contributed by atoms with van der Waals surface area (Å²) in [7, 11) is 0. The zero-order chi connectivity index (χ0) is 20.5. The molecule has 2 heterocycles. The van der Waals surface area contributed by atoms with Gasteiger partial charge in [0.05, 0.1) is 40.8 Å². The number of nitriles is 1. The number of carbonyl (C=O) groups excluding carboxylic acids is 1. The van der Waals surface area contributed by atoms with Crippen molar-refractivity contribution < 1.29 is 4.79 Å². The van der Waals surface area contributed by atoms with Crippen molar-refractivity contribution in [1.29, 1.82) is 5.26 Å². The van der Waals surface area contributed by atoms with Gasteiger partial charge in [-0.2, -0.15) is 5.26 Å². The standard InChI is InChI=1S/C23H25N5O2/c24-5-2-6-25-21(29)23-9-13-7-14(10-23)19(15(8-13)11-23)28-20-16-3-1-4-17(16)26-12-18(20)27-22(28)30/h1,3,12-15,19H,2,4,6-11H2,(H,25,29)(H,27,30). The number of hydrogen-bond acceptors (Lipinski definition) is 4. The maximum Gasteiger partial charge on any atom is 0.326 e. The van der Waals surface area contributed by atoms with E-state index in [1.54, 1.807) is 6.20 Å². The van der Waals surface area contributed by atoms with E-state index in [1.807, 2.05) is 4.57 Å². The lowest BCUT2D eigenvalue weighted by Gasteiger charge is -2.59. The Morgan fingerprint density at radius 2 is 2.13 bits per heavy atom. The van der Waals surface area contributed by atoms with Gasteiger partial charge in [-0.05, 0) is 49.9 Å². The molecular weight excluding hydrogens is 378 g/mol. The molecule has 2 aromatic heterocycles. The average molecular weight is 403 g/mol. The summed E-state index contributed by atoms with van der Waals surface area (Å²) in [5, 5.41) is 11.8. The predicted octanol–water partition coefficient (Wildman–Crippen LogP) is 2.69. The molecule has 0 saturated heterocycles. The van der Waals surface area contributed by atoms with E-state index in [0.29, 0.717) is 30.7 Å². The number of nitrogens with one attached hydrogen (secondary N) is 2. The Bertz CT molecular complexity index is 1170. The first kappa shape index (κ1) is 17.9. The number of aromatic amines is 1. The molecule has 2 N–H and O–H groups in total. The molecule has 0 spiro atoms. The highest BCUT2D eigenvalue weighted by atomic mass is 16.2. The van der Waals surface area contributed by atoms with Crippen LogP contribution in [0.3, 0.4) is 0 Å².